The van der Waals surface area contributed by atoms with Crippen molar-refractivity contribution in [2.24, 2.45) is 10.9 Å². The summed E-state index contributed by atoms with van der Waals surface area (Å²) in [5.74, 6) is 2.14. The Morgan fingerprint density at radius 1 is 1.19 bits per heavy atom. The number of furan rings is 1. The number of nitrogens with one attached hydrogen (secondary N) is 3. The fraction of sp³-hybridized carbons (Fsp3) is 0.667. The Hall–Kier alpha value is -1.45. The first-order valence-corrected chi connectivity index (χ1v) is 8.77. The highest BCUT2D eigenvalue weighted by atomic mass is 127. The first-order valence-electron chi connectivity index (χ1n) is 8.77. The predicted octanol–water partition coefficient (Wildman–Crippen LogP) is 3.16. The zero-order valence-corrected chi connectivity index (χ0v) is 18.8. The number of ether oxygens (including phenoxy) is 1. The fourth-order valence-corrected chi connectivity index (χ4v) is 1.87. The maximum Gasteiger partial charge on any atom is 0.407 e. The molecule has 0 fully saturated rings. The molecule has 0 bridgehead atoms. The highest BCUT2D eigenvalue weighted by Crippen LogP contribution is 2.06. The maximum absolute atomic E-state index is 11.6. The van der Waals surface area contributed by atoms with Crippen molar-refractivity contribution in [1.29, 1.82) is 0 Å². The summed E-state index contributed by atoms with van der Waals surface area (Å²) in [7, 11) is 0. The van der Waals surface area contributed by atoms with E-state index in [1.54, 1.807) is 6.26 Å². The van der Waals surface area contributed by atoms with E-state index in [0.29, 0.717) is 19.0 Å². The van der Waals surface area contributed by atoms with Gasteiger partial charge in [-0.25, -0.2) is 4.79 Å². The molecule has 0 saturated heterocycles. The fourth-order valence-electron chi connectivity index (χ4n) is 1.87. The molecule has 0 atom stereocenters. The summed E-state index contributed by atoms with van der Waals surface area (Å²) in [6.07, 6.45) is 2.04. The number of hydrogen-bond acceptors (Lipinski definition) is 4. The van der Waals surface area contributed by atoms with Gasteiger partial charge < -0.3 is 25.1 Å². The van der Waals surface area contributed by atoms with Crippen molar-refractivity contribution < 1.29 is 13.9 Å². The second-order valence-corrected chi connectivity index (χ2v) is 7.19. The largest absolute Gasteiger partial charge is 0.469 e. The average molecular weight is 480 g/mol. The van der Waals surface area contributed by atoms with Crippen molar-refractivity contribution in [3.8, 4) is 0 Å². The lowest BCUT2D eigenvalue weighted by Crippen LogP contribution is -2.43. The lowest BCUT2D eigenvalue weighted by Gasteiger charge is -2.20. The van der Waals surface area contributed by atoms with Gasteiger partial charge in [-0.3, -0.25) is 4.99 Å². The zero-order valence-electron chi connectivity index (χ0n) is 16.4. The minimum absolute atomic E-state index is 0. The molecule has 0 aromatic carbocycles. The monoisotopic (exact) mass is 480 g/mol. The third-order valence-corrected chi connectivity index (χ3v) is 2.94. The molecule has 7 nitrogen and oxygen atoms in total. The number of alkyl carbamates (subject to hydrolysis) is 1. The van der Waals surface area contributed by atoms with E-state index in [2.05, 4.69) is 34.8 Å². The van der Waals surface area contributed by atoms with Crippen molar-refractivity contribution in [1.82, 2.24) is 16.0 Å². The third-order valence-electron chi connectivity index (χ3n) is 2.94. The number of aliphatic imine (C=N–C) groups is 1. The van der Waals surface area contributed by atoms with E-state index in [0.717, 1.165) is 31.2 Å². The zero-order chi connectivity index (χ0) is 18.7. The molecule has 0 spiro atoms. The predicted molar refractivity (Wildman–Crippen MR) is 115 cm³/mol. The molecule has 1 aromatic rings. The van der Waals surface area contributed by atoms with Crippen LogP contribution in [0.15, 0.2) is 27.8 Å². The molecule has 26 heavy (non-hydrogen) atoms. The smallest absolute Gasteiger partial charge is 0.407 e. The van der Waals surface area contributed by atoms with Crippen LogP contribution in [-0.2, 0) is 11.2 Å². The van der Waals surface area contributed by atoms with E-state index in [9.17, 15) is 4.79 Å². The van der Waals surface area contributed by atoms with E-state index < -0.39 is 11.7 Å². The Kier molecular flexibility index (Phi) is 12.1. The topological polar surface area (TPSA) is 87.9 Å². The molecule has 0 aliphatic rings. The number of halogens is 1. The van der Waals surface area contributed by atoms with Crippen molar-refractivity contribution >= 4 is 36.0 Å². The molecule has 0 radical (unpaired) electrons. The van der Waals surface area contributed by atoms with Gasteiger partial charge in [0.05, 0.1) is 6.26 Å². The standard InChI is InChI=1S/C18H32N4O3.HI/c1-14(2)13-22-16(19-9-8-15-7-6-12-24-15)20-10-11-21-17(23)25-18(3,4)5;/h6-7,12,14H,8-11,13H2,1-5H3,(H,21,23)(H2,19,20,22);1H. The van der Waals surface area contributed by atoms with Crippen LogP contribution in [0.3, 0.4) is 0 Å². The lowest BCUT2D eigenvalue weighted by atomic mass is 10.2. The second kappa shape index (κ2) is 12.8. The van der Waals surface area contributed by atoms with Gasteiger partial charge in [-0.05, 0) is 38.8 Å². The van der Waals surface area contributed by atoms with Crippen molar-refractivity contribution in [2.75, 3.05) is 26.2 Å². The number of hydrogen-bond donors (Lipinski definition) is 3. The molecule has 0 aliphatic heterocycles. The van der Waals surface area contributed by atoms with E-state index in [4.69, 9.17) is 9.15 Å². The molecule has 1 rings (SSSR count). The number of amides is 1. The van der Waals surface area contributed by atoms with Gasteiger partial charge in [0, 0.05) is 32.6 Å². The van der Waals surface area contributed by atoms with Crippen LogP contribution in [0, 0.1) is 5.92 Å². The Morgan fingerprint density at radius 3 is 2.42 bits per heavy atom. The first-order chi connectivity index (χ1) is 11.8. The molecule has 150 valence electrons. The molecule has 0 unspecified atom stereocenters. The summed E-state index contributed by atoms with van der Waals surface area (Å²) >= 11 is 0. The SMILES string of the molecule is CC(C)CN=C(NCCNC(=O)OC(C)(C)C)NCCc1ccco1.I. The molecule has 0 aliphatic carbocycles. The Balaban J connectivity index is 0.00000625. The van der Waals surface area contributed by atoms with Crippen LogP contribution in [0.4, 0.5) is 4.79 Å². The second-order valence-electron chi connectivity index (χ2n) is 7.19. The quantitative estimate of drug-likeness (QED) is 0.230. The van der Waals surface area contributed by atoms with Crippen LogP contribution < -0.4 is 16.0 Å². The summed E-state index contributed by atoms with van der Waals surface area (Å²) in [4.78, 5) is 16.1. The van der Waals surface area contributed by atoms with E-state index in [1.165, 1.54) is 0 Å². The molecule has 0 saturated carbocycles. The van der Waals surface area contributed by atoms with Crippen molar-refractivity contribution in [3.05, 3.63) is 24.2 Å². The highest BCUT2D eigenvalue weighted by Gasteiger charge is 2.15. The van der Waals surface area contributed by atoms with Gasteiger partial charge in [0.1, 0.15) is 11.4 Å². The highest BCUT2D eigenvalue weighted by molar-refractivity contribution is 14.0. The Bertz CT molecular complexity index is 525. The van der Waals surface area contributed by atoms with Gasteiger partial charge in [-0.1, -0.05) is 13.8 Å². The average Bonchev–Trinajstić information content (AvgIpc) is 2.99. The van der Waals surface area contributed by atoms with Crippen LogP contribution in [0.25, 0.3) is 0 Å². The van der Waals surface area contributed by atoms with Crippen LogP contribution >= 0.6 is 24.0 Å². The summed E-state index contributed by atoms with van der Waals surface area (Å²) < 4.78 is 10.5. The van der Waals surface area contributed by atoms with E-state index in [1.807, 2.05) is 32.9 Å². The van der Waals surface area contributed by atoms with Gasteiger partial charge in [-0.2, -0.15) is 0 Å². The number of nitrogens with zero attached hydrogens (tertiary/aromatic N) is 1. The van der Waals surface area contributed by atoms with Crippen LogP contribution in [0.1, 0.15) is 40.4 Å². The van der Waals surface area contributed by atoms with E-state index in [-0.39, 0.29) is 24.0 Å². The minimum atomic E-state index is -0.491. The van der Waals surface area contributed by atoms with Gasteiger partial charge in [-0.15, -0.1) is 24.0 Å². The number of guanidine groups is 1. The van der Waals surface area contributed by atoms with Gasteiger partial charge in [0.25, 0.3) is 0 Å². The summed E-state index contributed by atoms with van der Waals surface area (Å²) in [5, 5.41) is 9.20. The molecule has 8 heteroatoms. The van der Waals surface area contributed by atoms with Crippen molar-refractivity contribution in [2.45, 2.75) is 46.6 Å². The Labute approximate surface area is 173 Å². The van der Waals surface area contributed by atoms with Crippen LogP contribution in [-0.4, -0.2) is 43.8 Å². The van der Waals surface area contributed by atoms with Crippen molar-refractivity contribution in [3.63, 3.8) is 0 Å². The summed E-state index contributed by atoms with van der Waals surface area (Å²) in [5.41, 5.74) is -0.491. The Morgan fingerprint density at radius 2 is 1.85 bits per heavy atom. The van der Waals surface area contributed by atoms with Gasteiger partial charge in [0.15, 0.2) is 5.96 Å². The lowest BCUT2D eigenvalue weighted by molar-refractivity contribution is 0.0529. The normalized spacial score (nSPS) is 11.7. The summed E-state index contributed by atoms with van der Waals surface area (Å²) in [6.45, 7) is 12.2. The van der Waals surface area contributed by atoms with Crippen LogP contribution in [0.2, 0.25) is 0 Å². The first kappa shape index (κ1) is 24.6. The number of rotatable bonds is 8. The molecular weight excluding hydrogens is 447 g/mol. The molecule has 3 N–H and O–H groups in total. The van der Waals surface area contributed by atoms with E-state index >= 15 is 0 Å². The van der Waals surface area contributed by atoms with Gasteiger partial charge in [0.2, 0.25) is 0 Å². The number of carbonyl (C=O) groups excluding carboxylic acids is 1. The minimum Gasteiger partial charge on any atom is -0.469 e. The third kappa shape index (κ3) is 12.8. The summed E-state index contributed by atoms with van der Waals surface area (Å²) in [6, 6.07) is 3.83. The van der Waals surface area contributed by atoms with Crippen LogP contribution in [0.5, 0.6) is 0 Å². The molecule has 1 heterocycles. The van der Waals surface area contributed by atoms with Gasteiger partial charge >= 0.3 is 6.09 Å². The molecular formula is C18H33IN4O3. The molecule has 1 aromatic heterocycles. The maximum atomic E-state index is 11.6. The molecule has 1 amide bonds. The number of carbonyl (C=O) groups is 1.